The summed E-state index contributed by atoms with van der Waals surface area (Å²) in [6, 6.07) is 8.36. The molecule has 9 nitrogen and oxygen atoms in total. The number of nitrogens with zero attached hydrogens (tertiary/aromatic N) is 2. The molecule has 5 N–H and O–H groups in total. The molecule has 0 aliphatic carbocycles. The van der Waals surface area contributed by atoms with Crippen LogP contribution in [0.1, 0.15) is 6.23 Å². The van der Waals surface area contributed by atoms with Gasteiger partial charge in [-0.25, -0.2) is 4.79 Å². The van der Waals surface area contributed by atoms with Gasteiger partial charge in [0.2, 0.25) is 0 Å². The van der Waals surface area contributed by atoms with Crippen molar-refractivity contribution in [2.45, 2.75) is 24.5 Å². The Labute approximate surface area is 146 Å². The summed E-state index contributed by atoms with van der Waals surface area (Å²) in [4.78, 5) is 19.3. The molecule has 2 aromatic heterocycles. The summed E-state index contributed by atoms with van der Waals surface area (Å²) >= 11 is 0. The van der Waals surface area contributed by atoms with Crippen LogP contribution in [0.4, 0.5) is 0 Å². The second-order valence-corrected chi connectivity index (χ2v) is 6.20. The van der Waals surface area contributed by atoms with Crippen molar-refractivity contribution in [2.24, 2.45) is 0 Å². The summed E-state index contributed by atoms with van der Waals surface area (Å²) in [6.45, 7) is -0.481. The van der Waals surface area contributed by atoms with E-state index in [1.807, 2.05) is 0 Å². The monoisotopic (exact) mass is 359 g/mol. The summed E-state index contributed by atoms with van der Waals surface area (Å²) in [5.41, 5.74) is 1.05. The number of ether oxygens (including phenoxy) is 1. The highest BCUT2D eigenvalue weighted by Gasteiger charge is 2.43. The van der Waals surface area contributed by atoms with Gasteiger partial charge < -0.3 is 30.1 Å². The van der Waals surface area contributed by atoms with Crippen LogP contribution in [0.15, 0.2) is 41.3 Å². The molecule has 1 fully saturated rings. The van der Waals surface area contributed by atoms with Crippen LogP contribution in [-0.4, -0.2) is 59.9 Å². The summed E-state index contributed by atoms with van der Waals surface area (Å²) < 4.78 is 6.48. The van der Waals surface area contributed by atoms with Gasteiger partial charge in [0, 0.05) is 22.8 Å². The minimum Gasteiger partial charge on any atom is -0.508 e. The van der Waals surface area contributed by atoms with Crippen molar-refractivity contribution in [1.82, 2.24) is 14.5 Å². The molecule has 1 aromatic carbocycles. The fraction of sp³-hybridized carbons (Fsp3) is 0.294. The third kappa shape index (κ3) is 2.67. The first kappa shape index (κ1) is 16.7. The van der Waals surface area contributed by atoms with Gasteiger partial charge >= 0.3 is 5.69 Å². The van der Waals surface area contributed by atoms with Gasteiger partial charge in [-0.2, -0.15) is 4.98 Å². The maximum Gasteiger partial charge on any atom is 0.351 e. The Morgan fingerprint density at radius 1 is 1.23 bits per heavy atom. The van der Waals surface area contributed by atoms with E-state index >= 15 is 0 Å². The van der Waals surface area contributed by atoms with Gasteiger partial charge in [0.05, 0.1) is 6.61 Å². The van der Waals surface area contributed by atoms with Crippen molar-refractivity contribution in [3.05, 3.63) is 47.0 Å². The second-order valence-electron chi connectivity index (χ2n) is 6.20. The van der Waals surface area contributed by atoms with Crippen molar-refractivity contribution >= 4 is 11.0 Å². The van der Waals surface area contributed by atoms with Crippen LogP contribution in [0.25, 0.3) is 22.3 Å². The summed E-state index contributed by atoms with van der Waals surface area (Å²) in [6.07, 6.45) is -3.33. The molecule has 3 aromatic rings. The fourth-order valence-electron chi connectivity index (χ4n) is 3.13. The lowest BCUT2D eigenvalue weighted by molar-refractivity contribution is -0.0547. The van der Waals surface area contributed by atoms with Gasteiger partial charge in [-0.3, -0.25) is 4.57 Å². The molecule has 0 bridgehead atoms. The number of benzene rings is 1. The Morgan fingerprint density at radius 2 is 2.04 bits per heavy atom. The number of aromatic nitrogens is 3. The van der Waals surface area contributed by atoms with E-state index in [9.17, 15) is 25.2 Å². The molecule has 0 saturated carbocycles. The molecule has 1 saturated heterocycles. The third-order valence-electron chi connectivity index (χ3n) is 4.48. The number of hydrogen-bond acceptors (Lipinski definition) is 7. The highest BCUT2D eigenvalue weighted by atomic mass is 16.6. The number of phenols is 1. The van der Waals surface area contributed by atoms with E-state index in [0.29, 0.717) is 16.7 Å². The van der Waals surface area contributed by atoms with E-state index in [1.165, 1.54) is 6.20 Å². The van der Waals surface area contributed by atoms with Crippen LogP contribution < -0.4 is 5.69 Å². The van der Waals surface area contributed by atoms with Crippen LogP contribution in [0.5, 0.6) is 5.75 Å². The zero-order chi connectivity index (χ0) is 18.4. The van der Waals surface area contributed by atoms with Crippen LogP contribution >= 0.6 is 0 Å². The number of nitrogens with one attached hydrogen (secondary N) is 1. The molecule has 9 heteroatoms. The van der Waals surface area contributed by atoms with E-state index in [4.69, 9.17) is 4.74 Å². The molecule has 136 valence electrons. The Morgan fingerprint density at radius 3 is 2.73 bits per heavy atom. The van der Waals surface area contributed by atoms with Crippen molar-refractivity contribution < 1.29 is 25.2 Å². The van der Waals surface area contributed by atoms with E-state index in [1.54, 1.807) is 30.3 Å². The topological polar surface area (TPSA) is 141 Å². The lowest BCUT2D eigenvalue weighted by Gasteiger charge is -2.16. The van der Waals surface area contributed by atoms with Crippen LogP contribution in [-0.2, 0) is 4.74 Å². The van der Waals surface area contributed by atoms with Crippen molar-refractivity contribution in [3.8, 4) is 17.0 Å². The van der Waals surface area contributed by atoms with E-state index in [0.717, 1.165) is 10.1 Å². The second kappa shape index (κ2) is 6.22. The Bertz CT molecular complexity index is 1010. The Balaban J connectivity index is 1.76. The predicted octanol–water partition coefficient (Wildman–Crippen LogP) is -0.291. The molecular weight excluding hydrogens is 342 g/mol. The molecule has 0 spiro atoms. The normalized spacial score (nSPS) is 25.8. The van der Waals surface area contributed by atoms with E-state index in [-0.39, 0.29) is 5.75 Å². The number of fused-ring (bicyclic) bond motifs is 1. The average molecular weight is 359 g/mol. The number of aromatic amines is 1. The molecule has 3 heterocycles. The van der Waals surface area contributed by atoms with Crippen molar-refractivity contribution in [1.29, 1.82) is 0 Å². The molecule has 4 rings (SSSR count). The van der Waals surface area contributed by atoms with Gasteiger partial charge in [0.15, 0.2) is 6.23 Å². The van der Waals surface area contributed by atoms with Gasteiger partial charge in [-0.05, 0) is 18.2 Å². The lowest BCUT2D eigenvalue weighted by Crippen LogP contribution is -2.35. The summed E-state index contributed by atoms with van der Waals surface area (Å²) in [7, 11) is 0. The van der Waals surface area contributed by atoms with E-state index < -0.39 is 36.8 Å². The molecule has 1 aliphatic heterocycles. The van der Waals surface area contributed by atoms with E-state index in [2.05, 4.69) is 9.97 Å². The third-order valence-corrected chi connectivity index (χ3v) is 4.48. The molecule has 0 unspecified atom stereocenters. The predicted molar refractivity (Wildman–Crippen MR) is 90.5 cm³/mol. The zero-order valence-electron chi connectivity index (χ0n) is 13.5. The number of hydrogen-bond donors (Lipinski definition) is 5. The number of phenolic OH excluding ortho intramolecular Hbond substituents is 1. The van der Waals surface area contributed by atoms with Crippen LogP contribution in [0.2, 0.25) is 0 Å². The van der Waals surface area contributed by atoms with Crippen molar-refractivity contribution in [3.63, 3.8) is 0 Å². The zero-order valence-corrected chi connectivity index (χ0v) is 13.5. The fourth-order valence-corrected chi connectivity index (χ4v) is 3.13. The highest BCUT2D eigenvalue weighted by molar-refractivity contribution is 5.82. The molecule has 0 amide bonds. The first-order chi connectivity index (χ1) is 12.5. The number of rotatable bonds is 3. The number of aromatic hydroxyl groups is 1. The van der Waals surface area contributed by atoms with Crippen LogP contribution in [0.3, 0.4) is 0 Å². The van der Waals surface area contributed by atoms with Crippen molar-refractivity contribution in [2.75, 3.05) is 6.61 Å². The molecule has 0 radical (unpaired) electrons. The number of aliphatic hydroxyl groups excluding tert-OH is 3. The largest absolute Gasteiger partial charge is 0.508 e. The van der Waals surface area contributed by atoms with Gasteiger partial charge in [-0.15, -0.1) is 0 Å². The van der Waals surface area contributed by atoms with Gasteiger partial charge in [0.1, 0.15) is 29.7 Å². The SMILES string of the molecule is O=c1nc2[nH]c(-c3cccc(O)c3)cc2cn1[C@@H]1O[C@H](CO)[C@@H](O)[C@@H]1O. The number of aliphatic hydroxyl groups is 3. The Hall–Kier alpha value is -2.72. The quantitative estimate of drug-likeness (QED) is 0.433. The van der Waals surface area contributed by atoms with Crippen LogP contribution in [0, 0.1) is 0 Å². The first-order valence-electron chi connectivity index (χ1n) is 8.01. The lowest BCUT2D eigenvalue weighted by atomic mass is 10.1. The molecular formula is C17H17N3O6. The first-order valence-corrected chi connectivity index (χ1v) is 8.01. The molecule has 26 heavy (non-hydrogen) atoms. The standard InChI is InChI=1S/C17H17N3O6/c21-7-12-13(23)14(24)16(26-12)20-6-9-5-11(18-15(9)19-17(20)25)8-2-1-3-10(22)4-8/h1-6,12-14,16,21-24H,7H2,(H,18,19,25)/t12-,13-,14+,16-/m1/s1. The minimum absolute atomic E-state index is 0.111. The average Bonchev–Trinajstić information content (AvgIpc) is 3.16. The van der Waals surface area contributed by atoms with Gasteiger partial charge in [0.25, 0.3) is 0 Å². The summed E-state index contributed by atoms with van der Waals surface area (Å²) in [5, 5.41) is 39.4. The smallest absolute Gasteiger partial charge is 0.351 e. The maximum atomic E-state index is 12.3. The molecule has 4 atom stereocenters. The molecule has 1 aliphatic rings. The Kier molecular flexibility index (Phi) is 4.00. The minimum atomic E-state index is -1.37. The maximum absolute atomic E-state index is 12.3. The number of H-pyrrole nitrogens is 1. The highest BCUT2D eigenvalue weighted by Crippen LogP contribution is 2.30. The summed E-state index contributed by atoms with van der Waals surface area (Å²) in [5.74, 6) is 0.111. The van der Waals surface area contributed by atoms with Gasteiger partial charge in [-0.1, -0.05) is 12.1 Å².